The molecule has 2 aromatic heterocycles. The highest BCUT2D eigenvalue weighted by atomic mass is 127. The van der Waals surface area contributed by atoms with Gasteiger partial charge in [0.05, 0.1) is 7.11 Å². The molecule has 8 heteroatoms. The summed E-state index contributed by atoms with van der Waals surface area (Å²) in [5, 5.41) is 3.41. The van der Waals surface area contributed by atoms with Gasteiger partial charge in [0.15, 0.2) is 5.96 Å². The molecule has 1 aliphatic rings. The average Bonchev–Trinajstić information content (AvgIpc) is 2.70. The number of hydrogen-bond acceptors (Lipinski definition) is 5. The van der Waals surface area contributed by atoms with E-state index in [2.05, 4.69) is 36.1 Å². The standard InChI is InChI=1S/C18H24N6O.HI/c1-19-18(22-14-15-6-5-9-21-17(15)25-2)24-12-10-23(11-13-24)16-7-3-4-8-20-16;/h3-9H,10-14H2,1-2H3,(H,19,22);1H. The number of piperazine rings is 1. The number of nitrogens with one attached hydrogen (secondary N) is 1. The van der Waals surface area contributed by atoms with Crippen LogP contribution in [-0.4, -0.2) is 61.2 Å². The van der Waals surface area contributed by atoms with Crippen LogP contribution in [0, 0.1) is 0 Å². The van der Waals surface area contributed by atoms with Crippen LogP contribution < -0.4 is 15.0 Å². The quantitative estimate of drug-likeness (QED) is 0.421. The Morgan fingerprint density at radius 2 is 1.88 bits per heavy atom. The molecule has 3 heterocycles. The van der Waals surface area contributed by atoms with Crippen LogP contribution in [0.2, 0.25) is 0 Å². The zero-order valence-corrected chi connectivity index (χ0v) is 17.5. The normalized spacial score (nSPS) is 14.6. The fourth-order valence-electron chi connectivity index (χ4n) is 2.94. The van der Waals surface area contributed by atoms with Crippen molar-refractivity contribution in [2.45, 2.75) is 6.54 Å². The van der Waals surface area contributed by atoms with Crippen LogP contribution in [0.1, 0.15) is 5.56 Å². The van der Waals surface area contributed by atoms with Crippen molar-refractivity contribution in [3.8, 4) is 5.88 Å². The molecule has 140 valence electrons. The molecule has 2 aromatic rings. The number of halogens is 1. The molecule has 1 saturated heterocycles. The van der Waals surface area contributed by atoms with Crippen molar-refractivity contribution in [2.75, 3.05) is 45.2 Å². The molecule has 0 bridgehead atoms. The molecule has 0 aromatic carbocycles. The Bertz CT molecular complexity index is 704. The highest BCUT2D eigenvalue weighted by molar-refractivity contribution is 14.0. The molecule has 0 saturated carbocycles. The highest BCUT2D eigenvalue weighted by Gasteiger charge is 2.20. The second kappa shape index (κ2) is 10.1. The van der Waals surface area contributed by atoms with Crippen LogP contribution >= 0.6 is 24.0 Å². The van der Waals surface area contributed by atoms with Gasteiger partial charge < -0.3 is 19.9 Å². The summed E-state index contributed by atoms with van der Waals surface area (Å²) in [4.78, 5) is 17.6. The maximum atomic E-state index is 5.30. The number of pyridine rings is 2. The number of aliphatic imine (C=N–C) groups is 1. The Morgan fingerprint density at radius 3 is 2.54 bits per heavy atom. The van der Waals surface area contributed by atoms with E-state index in [0.717, 1.165) is 43.5 Å². The topological polar surface area (TPSA) is 65.9 Å². The van der Waals surface area contributed by atoms with Gasteiger partial charge in [-0.2, -0.15) is 0 Å². The zero-order valence-electron chi connectivity index (χ0n) is 15.1. The number of rotatable bonds is 4. The lowest BCUT2D eigenvalue weighted by molar-refractivity contribution is 0.369. The van der Waals surface area contributed by atoms with Gasteiger partial charge >= 0.3 is 0 Å². The molecule has 1 aliphatic heterocycles. The van der Waals surface area contributed by atoms with Crippen molar-refractivity contribution >= 4 is 35.8 Å². The third-order valence-corrected chi connectivity index (χ3v) is 4.24. The van der Waals surface area contributed by atoms with Crippen LogP contribution in [0.5, 0.6) is 5.88 Å². The Balaban J connectivity index is 0.00000243. The molecule has 0 spiro atoms. The number of guanidine groups is 1. The number of hydrogen-bond donors (Lipinski definition) is 1. The van der Waals surface area contributed by atoms with Gasteiger partial charge in [-0.25, -0.2) is 9.97 Å². The lowest BCUT2D eigenvalue weighted by Gasteiger charge is -2.37. The monoisotopic (exact) mass is 468 g/mol. The summed E-state index contributed by atoms with van der Waals surface area (Å²) >= 11 is 0. The van der Waals surface area contributed by atoms with Crippen molar-refractivity contribution in [1.82, 2.24) is 20.2 Å². The minimum absolute atomic E-state index is 0. The number of aromatic nitrogens is 2. The van der Waals surface area contributed by atoms with Crippen LogP contribution in [-0.2, 0) is 6.54 Å². The number of nitrogens with zero attached hydrogens (tertiary/aromatic N) is 5. The summed E-state index contributed by atoms with van der Waals surface area (Å²) in [6.07, 6.45) is 3.57. The van der Waals surface area contributed by atoms with Crippen molar-refractivity contribution < 1.29 is 4.74 Å². The minimum Gasteiger partial charge on any atom is -0.481 e. The van der Waals surface area contributed by atoms with Crippen LogP contribution in [0.15, 0.2) is 47.7 Å². The first-order chi connectivity index (χ1) is 12.3. The largest absolute Gasteiger partial charge is 0.481 e. The van der Waals surface area contributed by atoms with E-state index in [9.17, 15) is 0 Å². The Morgan fingerprint density at radius 1 is 1.12 bits per heavy atom. The van der Waals surface area contributed by atoms with E-state index in [-0.39, 0.29) is 24.0 Å². The zero-order chi connectivity index (χ0) is 17.5. The number of methoxy groups -OCH3 is 1. The van der Waals surface area contributed by atoms with Gasteiger partial charge in [-0.15, -0.1) is 24.0 Å². The molecule has 3 rings (SSSR count). The molecule has 0 aliphatic carbocycles. The van der Waals surface area contributed by atoms with Gasteiger partial charge in [-0.3, -0.25) is 4.99 Å². The summed E-state index contributed by atoms with van der Waals surface area (Å²) < 4.78 is 5.30. The molecule has 1 N–H and O–H groups in total. The van der Waals surface area contributed by atoms with E-state index in [0.29, 0.717) is 12.4 Å². The van der Waals surface area contributed by atoms with Crippen molar-refractivity contribution in [2.24, 2.45) is 4.99 Å². The van der Waals surface area contributed by atoms with Gasteiger partial charge in [0.1, 0.15) is 5.82 Å². The number of ether oxygens (including phenoxy) is 1. The van der Waals surface area contributed by atoms with E-state index in [4.69, 9.17) is 4.74 Å². The maximum Gasteiger partial charge on any atom is 0.218 e. The average molecular weight is 468 g/mol. The Kier molecular flexibility index (Phi) is 7.89. The van der Waals surface area contributed by atoms with Crippen molar-refractivity contribution in [1.29, 1.82) is 0 Å². The highest BCUT2D eigenvalue weighted by Crippen LogP contribution is 2.14. The Labute approximate surface area is 171 Å². The molecule has 0 radical (unpaired) electrons. The van der Waals surface area contributed by atoms with E-state index in [1.54, 1.807) is 13.3 Å². The third-order valence-electron chi connectivity index (χ3n) is 4.24. The predicted octanol–water partition coefficient (Wildman–Crippen LogP) is 2.00. The summed E-state index contributed by atoms with van der Waals surface area (Å²) in [6.45, 7) is 4.28. The van der Waals surface area contributed by atoms with E-state index < -0.39 is 0 Å². The first kappa shape index (κ1) is 20.2. The van der Waals surface area contributed by atoms with Crippen molar-refractivity contribution in [3.05, 3.63) is 48.3 Å². The SMILES string of the molecule is CN=C(NCc1cccnc1OC)N1CCN(c2ccccn2)CC1.I. The molecular weight excluding hydrogens is 443 g/mol. The first-order valence-electron chi connectivity index (χ1n) is 8.41. The van der Waals surface area contributed by atoms with Crippen LogP contribution in [0.25, 0.3) is 0 Å². The summed E-state index contributed by atoms with van der Waals surface area (Å²) in [7, 11) is 3.45. The van der Waals surface area contributed by atoms with Gasteiger partial charge in [0.2, 0.25) is 5.88 Å². The lowest BCUT2D eigenvalue weighted by Crippen LogP contribution is -2.52. The second-order valence-electron chi connectivity index (χ2n) is 5.73. The third kappa shape index (κ3) is 4.96. The maximum absolute atomic E-state index is 5.30. The van der Waals surface area contributed by atoms with E-state index in [1.165, 1.54) is 0 Å². The van der Waals surface area contributed by atoms with Crippen LogP contribution in [0.3, 0.4) is 0 Å². The van der Waals surface area contributed by atoms with Gasteiger partial charge in [-0.1, -0.05) is 12.1 Å². The molecule has 26 heavy (non-hydrogen) atoms. The fraction of sp³-hybridized carbons (Fsp3) is 0.389. The minimum atomic E-state index is 0. The lowest BCUT2D eigenvalue weighted by atomic mass is 10.2. The second-order valence-corrected chi connectivity index (χ2v) is 5.73. The van der Waals surface area contributed by atoms with Crippen molar-refractivity contribution in [3.63, 3.8) is 0 Å². The summed E-state index contributed by atoms with van der Waals surface area (Å²) in [5.74, 6) is 2.57. The smallest absolute Gasteiger partial charge is 0.218 e. The van der Waals surface area contributed by atoms with Gasteiger partial charge in [-0.05, 0) is 18.2 Å². The van der Waals surface area contributed by atoms with E-state index in [1.807, 2.05) is 37.5 Å². The van der Waals surface area contributed by atoms with E-state index >= 15 is 0 Å². The first-order valence-corrected chi connectivity index (χ1v) is 8.41. The molecular formula is C18H25IN6O. The molecule has 0 amide bonds. The van der Waals surface area contributed by atoms with Gasteiger partial charge in [0, 0.05) is 57.7 Å². The summed E-state index contributed by atoms with van der Waals surface area (Å²) in [5.41, 5.74) is 1.01. The molecule has 0 atom stereocenters. The molecule has 7 nitrogen and oxygen atoms in total. The Hall–Kier alpha value is -2.10. The van der Waals surface area contributed by atoms with Crippen LogP contribution in [0.4, 0.5) is 5.82 Å². The van der Waals surface area contributed by atoms with Gasteiger partial charge in [0.25, 0.3) is 0 Å². The number of anilines is 1. The predicted molar refractivity (Wildman–Crippen MR) is 114 cm³/mol. The summed E-state index contributed by atoms with van der Waals surface area (Å²) in [6, 6.07) is 9.94. The molecule has 0 unspecified atom stereocenters. The fourth-order valence-corrected chi connectivity index (χ4v) is 2.94. The molecule has 1 fully saturated rings.